The molecule has 0 rings (SSSR count). The van der Waals surface area contributed by atoms with Gasteiger partial charge in [-0.2, -0.15) is 0 Å². The molecule has 0 unspecified atom stereocenters. The number of amides is 2. The van der Waals surface area contributed by atoms with Gasteiger partial charge in [-0.3, -0.25) is 14.4 Å². The van der Waals surface area contributed by atoms with Gasteiger partial charge in [-0.25, -0.2) is 5.90 Å². The minimum absolute atomic E-state index is 0.104. The molecule has 0 aromatic heterocycles. The van der Waals surface area contributed by atoms with Crippen molar-refractivity contribution in [2.75, 3.05) is 26.2 Å². The van der Waals surface area contributed by atoms with Crippen molar-refractivity contribution in [3.8, 4) is 0 Å². The van der Waals surface area contributed by atoms with Gasteiger partial charge in [-0.05, 0) is 0 Å². The summed E-state index contributed by atoms with van der Waals surface area (Å²) in [5.41, 5.74) is 0. The third kappa shape index (κ3) is 7.53. The van der Waals surface area contributed by atoms with Crippen molar-refractivity contribution in [3.05, 3.63) is 0 Å². The monoisotopic (exact) mass is 200 g/mol. The molecule has 0 fully saturated rings. The molecule has 0 aliphatic rings. The predicted molar refractivity (Wildman–Crippen MR) is 49.9 cm³/mol. The van der Waals surface area contributed by atoms with Crippen molar-refractivity contribution in [1.29, 1.82) is 0 Å². The highest BCUT2D eigenvalue weighted by molar-refractivity contribution is 6.04. The quantitative estimate of drug-likeness (QED) is 0.196. The Labute approximate surface area is 83.1 Å². The van der Waals surface area contributed by atoms with E-state index in [-0.39, 0.29) is 19.1 Å². The lowest BCUT2D eigenvalue weighted by atomic mass is 10.4. The van der Waals surface area contributed by atoms with Gasteiger partial charge in [-0.1, -0.05) is 0 Å². The van der Waals surface area contributed by atoms with E-state index in [0.717, 1.165) is 0 Å². The Morgan fingerprint density at radius 3 is 2.50 bits per heavy atom. The van der Waals surface area contributed by atoms with Gasteiger partial charge < -0.3 is 15.9 Å². The van der Waals surface area contributed by atoms with Crippen molar-refractivity contribution >= 4 is 19.8 Å². The van der Waals surface area contributed by atoms with Crippen LogP contribution in [0.3, 0.4) is 0 Å². The molecule has 2 amide bonds. The van der Waals surface area contributed by atoms with Crippen LogP contribution in [0, 0.1) is 0 Å². The number of nitrogens with two attached hydrogens (primary N) is 1. The highest BCUT2D eigenvalue weighted by Crippen LogP contribution is 1.68. The van der Waals surface area contributed by atoms with Gasteiger partial charge in [0.25, 0.3) is 0 Å². The number of rotatable bonds is 7. The van der Waals surface area contributed by atoms with Gasteiger partial charge in [0.05, 0.1) is 6.54 Å². The summed E-state index contributed by atoms with van der Waals surface area (Å²) in [6, 6.07) is 0. The zero-order valence-electron chi connectivity index (χ0n) is 7.71. The Hall–Kier alpha value is -1.12. The summed E-state index contributed by atoms with van der Waals surface area (Å²) in [6.45, 7) is 0.495. The Morgan fingerprint density at radius 2 is 1.93 bits per heavy atom. The second-order valence-electron chi connectivity index (χ2n) is 2.39. The molecule has 0 saturated carbocycles. The topological polar surface area (TPSA) is 105 Å². The summed E-state index contributed by atoms with van der Waals surface area (Å²) in [4.78, 5) is 25.8. The van der Waals surface area contributed by atoms with Crippen LogP contribution in [0.4, 0.5) is 0 Å². The average Bonchev–Trinajstić information content (AvgIpc) is 2.16. The molecule has 0 aliphatic heterocycles. The van der Waals surface area contributed by atoms with Crippen LogP contribution in [-0.4, -0.2) is 46.0 Å². The van der Waals surface area contributed by atoms with E-state index in [1.165, 1.54) is 0 Å². The van der Waals surface area contributed by atoms with E-state index in [9.17, 15) is 9.59 Å². The summed E-state index contributed by atoms with van der Waals surface area (Å²) < 4.78 is 0. The third-order valence-electron chi connectivity index (χ3n) is 1.25. The number of carbonyl (C=O) groups excluding carboxylic acids is 2. The first-order valence-electron chi connectivity index (χ1n) is 3.99. The van der Waals surface area contributed by atoms with E-state index in [1.807, 2.05) is 0 Å². The van der Waals surface area contributed by atoms with Crippen LogP contribution in [-0.2, 0) is 14.4 Å². The normalized spacial score (nSPS) is 9.50. The molecule has 0 saturated heterocycles. The number of nitrogens with one attached hydrogen (secondary N) is 3. The fraction of sp³-hybridized carbons (Fsp3) is 0.667. The molecule has 0 aromatic carbocycles. The van der Waals surface area contributed by atoms with Crippen molar-refractivity contribution in [3.63, 3.8) is 0 Å². The molecule has 0 bridgehead atoms. The number of hydrogen-bond donors (Lipinski definition) is 4. The standard InChI is InChI=1S/C6H13BN4O3/c7-11-2-1-9-5(12)3-10-6(13)4-14-8/h11H,1-4,8H2,(H,9,12)(H,10,13). The maximum Gasteiger partial charge on any atom is 0.248 e. The molecule has 0 atom stereocenters. The Kier molecular flexibility index (Phi) is 7.81. The van der Waals surface area contributed by atoms with Gasteiger partial charge >= 0.3 is 0 Å². The first-order chi connectivity index (χ1) is 6.70. The van der Waals surface area contributed by atoms with Crippen LogP contribution in [0.15, 0.2) is 0 Å². The van der Waals surface area contributed by atoms with E-state index in [0.29, 0.717) is 13.1 Å². The van der Waals surface area contributed by atoms with Crippen LogP contribution < -0.4 is 21.8 Å². The molecule has 0 spiro atoms. The van der Waals surface area contributed by atoms with Crippen molar-refractivity contribution in [2.45, 2.75) is 0 Å². The largest absolute Gasteiger partial charge is 0.365 e. The molecule has 78 valence electrons. The summed E-state index contributed by atoms with van der Waals surface area (Å²) >= 11 is 0. The Bertz CT molecular complexity index is 190. The van der Waals surface area contributed by atoms with Crippen molar-refractivity contribution < 1.29 is 14.4 Å². The number of hydrogen-bond acceptors (Lipinski definition) is 5. The molecule has 0 heterocycles. The molecule has 0 aliphatic carbocycles. The maximum atomic E-state index is 11.0. The van der Waals surface area contributed by atoms with Crippen molar-refractivity contribution in [2.24, 2.45) is 5.90 Å². The highest BCUT2D eigenvalue weighted by Gasteiger charge is 2.03. The van der Waals surface area contributed by atoms with Crippen LogP contribution in [0.5, 0.6) is 0 Å². The number of carbonyl (C=O) groups is 2. The Morgan fingerprint density at radius 1 is 1.21 bits per heavy atom. The van der Waals surface area contributed by atoms with Crippen molar-refractivity contribution in [1.82, 2.24) is 15.9 Å². The second kappa shape index (κ2) is 8.48. The molecule has 14 heavy (non-hydrogen) atoms. The van der Waals surface area contributed by atoms with Gasteiger partial charge in [0, 0.05) is 13.1 Å². The van der Waals surface area contributed by atoms with E-state index in [1.54, 1.807) is 0 Å². The summed E-state index contributed by atoms with van der Waals surface area (Å²) in [5.74, 6) is 3.91. The lowest BCUT2D eigenvalue weighted by Crippen LogP contribution is -2.40. The predicted octanol–water partition coefficient (Wildman–Crippen LogP) is -3.22. The fourth-order valence-corrected chi connectivity index (χ4v) is 0.642. The molecule has 0 aromatic rings. The minimum Gasteiger partial charge on any atom is -0.365 e. The summed E-state index contributed by atoms with van der Waals surface area (Å²) in [7, 11) is 4.98. The van der Waals surface area contributed by atoms with Crippen LogP contribution in [0.25, 0.3) is 0 Å². The van der Waals surface area contributed by atoms with E-state index in [2.05, 4.69) is 26.6 Å². The smallest absolute Gasteiger partial charge is 0.248 e. The van der Waals surface area contributed by atoms with E-state index >= 15 is 0 Å². The lowest BCUT2D eigenvalue weighted by molar-refractivity contribution is -0.129. The lowest BCUT2D eigenvalue weighted by Gasteiger charge is -2.05. The molecular formula is C6H13BN4O3. The van der Waals surface area contributed by atoms with Gasteiger partial charge in [0.15, 0.2) is 7.98 Å². The average molecular weight is 200 g/mol. The van der Waals surface area contributed by atoms with Gasteiger partial charge in [0.1, 0.15) is 6.61 Å². The van der Waals surface area contributed by atoms with Crippen LogP contribution in [0.2, 0.25) is 0 Å². The molecular weight excluding hydrogens is 187 g/mol. The SMILES string of the molecule is [B]NCCNC(=O)CNC(=O)CON. The summed E-state index contributed by atoms with van der Waals surface area (Å²) in [5, 5.41) is 7.19. The van der Waals surface area contributed by atoms with Gasteiger partial charge in [-0.15, -0.1) is 0 Å². The van der Waals surface area contributed by atoms with Crippen LogP contribution >= 0.6 is 0 Å². The second-order valence-corrected chi connectivity index (χ2v) is 2.39. The maximum absolute atomic E-state index is 11.0. The molecule has 8 heteroatoms. The minimum atomic E-state index is -0.445. The zero-order valence-corrected chi connectivity index (χ0v) is 7.71. The highest BCUT2D eigenvalue weighted by atomic mass is 16.6. The Balaban J connectivity index is 3.39. The third-order valence-corrected chi connectivity index (χ3v) is 1.25. The summed E-state index contributed by atoms with van der Waals surface area (Å²) in [6.07, 6.45) is 0. The van der Waals surface area contributed by atoms with E-state index < -0.39 is 5.91 Å². The first kappa shape index (κ1) is 12.9. The fourth-order valence-electron chi connectivity index (χ4n) is 0.642. The first-order valence-corrected chi connectivity index (χ1v) is 3.99. The zero-order chi connectivity index (χ0) is 10.8. The molecule has 7 nitrogen and oxygen atoms in total. The van der Waals surface area contributed by atoms with Gasteiger partial charge in [0.2, 0.25) is 11.8 Å². The molecule has 2 radical (unpaired) electrons. The van der Waals surface area contributed by atoms with E-state index in [4.69, 9.17) is 7.98 Å². The van der Waals surface area contributed by atoms with Crippen LogP contribution in [0.1, 0.15) is 0 Å². The molecule has 5 N–H and O–H groups in total.